The summed E-state index contributed by atoms with van der Waals surface area (Å²) in [6, 6.07) is 0. The van der Waals surface area contributed by atoms with Crippen LogP contribution in [-0.4, -0.2) is 7.63 Å². The van der Waals surface area contributed by atoms with Crippen LogP contribution in [0.25, 0.3) is 0 Å². The molecule has 0 saturated carbocycles. The molecular formula is C12H18Cl2SiTi-4. The fraction of sp³-hybridized carbons (Fsp3) is 0.167. The molecule has 92 valence electrons. The maximum atomic E-state index is 5.22. The number of hydrogen-bond acceptors (Lipinski definition) is 0. The second-order valence-electron chi connectivity index (χ2n) is 2.34. The third kappa shape index (κ3) is 24.0. The van der Waals surface area contributed by atoms with Crippen LogP contribution in [0.3, 0.4) is 0 Å². The predicted molar refractivity (Wildman–Crippen MR) is 76.2 cm³/mol. The summed E-state index contributed by atoms with van der Waals surface area (Å²) < 4.78 is 0. The summed E-state index contributed by atoms with van der Waals surface area (Å²) in [5.74, 6) is 0. The van der Waals surface area contributed by atoms with E-state index in [1.807, 2.05) is 24.3 Å². The van der Waals surface area contributed by atoms with Gasteiger partial charge in [0.05, 0.1) is 0 Å². The van der Waals surface area contributed by atoms with Gasteiger partial charge in [0, 0.05) is 0 Å². The average molecular weight is 309 g/mol. The Morgan fingerprint density at radius 3 is 1.31 bits per heavy atom. The molecule has 0 saturated heterocycles. The average Bonchev–Trinajstić information content (AvgIpc) is 2.83. The van der Waals surface area contributed by atoms with E-state index in [1.54, 1.807) is 7.63 Å². The first-order chi connectivity index (χ1) is 6.73. The first-order valence-electron chi connectivity index (χ1n) is 4.17. The van der Waals surface area contributed by atoms with Crippen LogP contribution in [0.1, 0.15) is 12.8 Å². The molecule has 0 amide bonds. The summed E-state index contributed by atoms with van der Waals surface area (Å²) in [6.45, 7) is 0. The topological polar surface area (TPSA) is 0 Å². The van der Waals surface area contributed by atoms with Crippen molar-refractivity contribution in [3.63, 3.8) is 0 Å². The predicted octanol–water partition coefficient (Wildman–Crippen LogP) is 3.97. The van der Waals surface area contributed by atoms with E-state index < -0.39 is 14.5 Å². The number of allylic oxidation sites excluding steroid dienone is 8. The van der Waals surface area contributed by atoms with Gasteiger partial charge in [0.25, 0.3) is 0 Å². The van der Waals surface area contributed by atoms with Gasteiger partial charge in [0.2, 0.25) is 0 Å². The van der Waals surface area contributed by atoms with Crippen molar-refractivity contribution in [2.24, 2.45) is 0 Å². The van der Waals surface area contributed by atoms with Gasteiger partial charge in [0.1, 0.15) is 0 Å². The zero-order chi connectivity index (χ0) is 10.6. The minimum absolute atomic E-state index is 0. The number of rotatable bonds is 0. The molecule has 0 fully saturated rings. The van der Waals surface area contributed by atoms with Gasteiger partial charge in [-0.05, 0) is 0 Å². The molecule has 0 heterocycles. The Labute approximate surface area is 116 Å². The molecule has 2 aliphatic rings. The van der Waals surface area contributed by atoms with Gasteiger partial charge in [-0.2, -0.15) is 12.2 Å². The van der Waals surface area contributed by atoms with E-state index in [0.29, 0.717) is 0 Å². The molecule has 4 heteroatoms. The van der Waals surface area contributed by atoms with Crippen molar-refractivity contribution < 1.29 is 14.5 Å². The molecule has 0 nitrogen and oxygen atoms in total. The van der Waals surface area contributed by atoms with Gasteiger partial charge in [-0.3, -0.25) is 12.2 Å². The summed E-state index contributed by atoms with van der Waals surface area (Å²) in [7, 11) is 12.1. The van der Waals surface area contributed by atoms with E-state index >= 15 is 0 Å². The first kappa shape index (κ1) is 21.7. The van der Waals surface area contributed by atoms with E-state index in [4.69, 9.17) is 18.6 Å². The second kappa shape index (κ2) is 17.9. The molecular weight excluding hydrogens is 291 g/mol. The van der Waals surface area contributed by atoms with Crippen molar-refractivity contribution in [2.45, 2.75) is 12.8 Å². The Bertz CT molecular complexity index is 222. The van der Waals surface area contributed by atoms with Gasteiger partial charge in [-0.15, -0.1) is 12.8 Å². The standard InChI is InChI=1S/2C5H5.2CH3.2ClH.H2Si.Ti/c2*1-2-4-5-3-1;;;;;;/h2*1-3H,4H2;2*1H3;2*1H;1H2;/q4*-1;;;;+2/p-2. The summed E-state index contributed by atoms with van der Waals surface area (Å²) in [6.07, 6.45) is 20.0. The van der Waals surface area contributed by atoms with E-state index in [9.17, 15) is 0 Å². The van der Waals surface area contributed by atoms with E-state index in [0.717, 1.165) is 12.8 Å². The third-order valence-electron chi connectivity index (χ3n) is 1.17. The van der Waals surface area contributed by atoms with E-state index in [1.165, 1.54) is 0 Å². The van der Waals surface area contributed by atoms with Crippen molar-refractivity contribution in [2.75, 3.05) is 0 Å². The molecule has 0 atom stereocenters. The third-order valence-corrected chi connectivity index (χ3v) is 1.17. The molecule has 16 heavy (non-hydrogen) atoms. The number of hydrogen-bond donors (Lipinski definition) is 0. The van der Waals surface area contributed by atoms with Crippen molar-refractivity contribution in [3.05, 3.63) is 63.5 Å². The fourth-order valence-corrected chi connectivity index (χ4v) is 0.680. The van der Waals surface area contributed by atoms with Crippen LogP contribution in [0.5, 0.6) is 0 Å². The van der Waals surface area contributed by atoms with Crippen LogP contribution in [0.2, 0.25) is 0 Å². The molecule has 2 aliphatic carbocycles. The Hall–Kier alpha value is 0.471. The molecule has 0 aromatic heterocycles. The van der Waals surface area contributed by atoms with Crippen molar-refractivity contribution in [1.82, 2.24) is 0 Å². The summed E-state index contributed by atoms with van der Waals surface area (Å²) in [4.78, 5) is 0. The normalized spacial score (nSPS) is 12.6. The molecule has 0 bridgehead atoms. The molecule has 0 aromatic carbocycles. The minimum atomic E-state index is -1.36. The Morgan fingerprint density at radius 2 is 1.25 bits per heavy atom. The Balaban J connectivity index is -0.000000151. The van der Waals surface area contributed by atoms with Crippen molar-refractivity contribution >= 4 is 26.2 Å². The summed E-state index contributed by atoms with van der Waals surface area (Å²) in [5.41, 5.74) is 0. The molecule has 0 aliphatic heterocycles. The quantitative estimate of drug-likeness (QED) is 0.469. The Kier molecular flexibility index (Phi) is 24.2. The van der Waals surface area contributed by atoms with Crippen LogP contribution in [0.4, 0.5) is 0 Å². The Morgan fingerprint density at radius 1 is 0.938 bits per heavy atom. The summed E-state index contributed by atoms with van der Waals surface area (Å²) >= 11 is -1.36. The zero-order valence-corrected chi connectivity index (χ0v) is 14.3. The van der Waals surface area contributed by atoms with Crippen LogP contribution in [-0.2, 0) is 14.5 Å². The van der Waals surface area contributed by atoms with Crippen LogP contribution in [0, 0.1) is 27.0 Å². The van der Waals surface area contributed by atoms with Gasteiger partial charge in [-0.1, -0.05) is 0 Å². The van der Waals surface area contributed by atoms with Crippen LogP contribution in [0.15, 0.2) is 36.5 Å². The molecule has 0 aromatic rings. The number of halogens is 2. The molecule has 0 spiro atoms. The van der Waals surface area contributed by atoms with Gasteiger partial charge in [-0.25, -0.2) is 24.3 Å². The molecule has 0 N–H and O–H groups in total. The fourth-order valence-electron chi connectivity index (χ4n) is 0.680. The molecule has 0 radical (unpaired) electrons. The van der Waals surface area contributed by atoms with Crippen LogP contribution >= 0.6 is 18.6 Å². The zero-order valence-electron chi connectivity index (χ0n) is 9.84. The van der Waals surface area contributed by atoms with Crippen molar-refractivity contribution in [3.8, 4) is 0 Å². The van der Waals surface area contributed by atoms with Gasteiger partial charge in [0.15, 0.2) is 0 Å². The molecule has 2 rings (SSSR count). The SMILES string of the molecule is [C-]1=CC=CC1.[C-]1=CC=CC1.[CH3-].[CH3-].[SiH2]=[Ti]([Cl])[Cl]. The van der Waals surface area contributed by atoms with E-state index in [2.05, 4.69) is 24.3 Å². The van der Waals surface area contributed by atoms with Gasteiger partial charge < -0.3 is 14.9 Å². The van der Waals surface area contributed by atoms with Crippen molar-refractivity contribution in [1.29, 1.82) is 0 Å². The van der Waals surface area contributed by atoms with Gasteiger partial charge >= 0.3 is 40.7 Å². The molecule has 0 unspecified atom stereocenters. The first-order valence-corrected chi connectivity index (χ1v) is 12.5. The second-order valence-corrected chi connectivity index (χ2v) is 14.6. The monoisotopic (exact) mass is 308 g/mol. The van der Waals surface area contributed by atoms with Crippen LogP contribution < -0.4 is 0 Å². The summed E-state index contributed by atoms with van der Waals surface area (Å²) in [5, 5.41) is 0. The maximum absolute atomic E-state index is 5.22. The van der Waals surface area contributed by atoms with E-state index in [-0.39, 0.29) is 14.9 Å².